The predicted molar refractivity (Wildman–Crippen MR) is 91.5 cm³/mol. The van der Waals surface area contributed by atoms with Gasteiger partial charge in [0.05, 0.1) is 21.9 Å². The van der Waals surface area contributed by atoms with Crippen molar-refractivity contribution in [2.45, 2.75) is 58.6 Å². The molecule has 0 aliphatic carbocycles. The quantitative estimate of drug-likeness (QED) is 0.864. The summed E-state index contributed by atoms with van der Waals surface area (Å²) in [6, 6.07) is 0.275. The number of likely N-dealkylation sites (tertiary alicyclic amines) is 1. The fourth-order valence-electron chi connectivity index (χ4n) is 2.80. The molecule has 23 heavy (non-hydrogen) atoms. The van der Waals surface area contributed by atoms with Gasteiger partial charge in [-0.05, 0) is 56.5 Å². The van der Waals surface area contributed by atoms with Gasteiger partial charge in [-0.3, -0.25) is 4.68 Å². The van der Waals surface area contributed by atoms with Gasteiger partial charge in [0.25, 0.3) is 0 Å². The molecule has 1 N–H and O–H groups in total. The van der Waals surface area contributed by atoms with Crippen LogP contribution in [0.5, 0.6) is 0 Å². The SMILES string of the molecule is Cc1c(Br)c(CCO)nn1C1CCN(C(=O)OC(C)(C)C)CC1. The van der Waals surface area contributed by atoms with E-state index >= 15 is 0 Å². The molecule has 1 aromatic rings. The highest BCUT2D eigenvalue weighted by Gasteiger charge is 2.29. The lowest BCUT2D eigenvalue weighted by atomic mass is 10.1. The molecule has 1 saturated heterocycles. The molecule has 0 unspecified atom stereocenters. The number of aromatic nitrogens is 2. The van der Waals surface area contributed by atoms with Crippen molar-refractivity contribution < 1.29 is 14.6 Å². The van der Waals surface area contributed by atoms with Crippen molar-refractivity contribution in [2.75, 3.05) is 19.7 Å². The Morgan fingerprint density at radius 3 is 2.52 bits per heavy atom. The van der Waals surface area contributed by atoms with Crippen molar-refractivity contribution in [1.82, 2.24) is 14.7 Å². The average molecular weight is 388 g/mol. The molecule has 0 atom stereocenters. The van der Waals surface area contributed by atoms with E-state index in [0.29, 0.717) is 19.5 Å². The Balaban J connectivity index is 1.99. The van der Waals surface area contributed by atoms with Crippen molar-refractivity contribution in [3.8, 4) is 0 Å². The molecular weight excluding hydrogens is 362 g/mol. The zero-order chi connectivity index (χ0) is 17.2. The van der Waals surface area contributed by atoms with E-state index in [4.69, 9.17) is 9.84 Å². The first kappa shape index (κ1) is 18.3. The van der Waals surface area contributed by atoms with Crippen LogP contribution in [0, 0.1) is 6.92 Å². The molecule has 0 radical (unpaired) electrons. The maximum atomic E-state index is 12.1. The van der Waals surface area contributed by atoms with Crippen LogP contribution >= 0.6 is 15.9 Å². The van der Waals surface area contributed by atoms with Crippen LogP contribution < -0.4 is 0 Å². The van der Waals surface area contributed by atoms with E-state index in [1.165, 1.54) is 0 Å². The summed E-state index contributed by atoms with van der Waals surface area (Å²) in [4.78, 5) is 13.9. The van der Waals surface area contributed by atoms with Crippen molar-refractivity contribution in [1.29, 1.82) is 0 Å². The Labute approximate surface area is 145 Å². The molecule has 0 saturated carbocycles. The van der Waals surface area contributed by atoms with Crippen molar-refractivity contribution in [3.63, 3.8) is 0 Å². The standard InChI is InChI=1S/C16H26BrN3O3/c1-11-14(17)13(7-10-21)18-20(11)12-5-8-19(9-6-12)15(22)23-16(2,3)4/h12,21H,5-10H2,1-4H3. The highest BCUT2D eigenvalue weighted by atomic mass is 79.9. The van der Waals surface area contributed by atoms with Crippen molar-refractivity contribution in [2.24, 2.45) is 0 Å². The molecule has 1 fully saturated rings. The summed E-state index contributed by atoms with van der Waals surface area (Å²) in [6.45, 7) is 9.10. The van der Waals surface area contributed by atoms with Gasteiger partial charge in [-0.25, -0.2) is 4.79 Å². The number of rotatable bonds is 3. The van der Waals surface area contributed by atoms with E-state index in [1.807, 2.05) is 32.4 Å². The summed E-state index contributed by atoms with van der Waals surface area (Å²) >= 11 is 3.56. The van der Waals surface area contributed by atoms with Crippen molar-refractivity contribution >= 4 is 22.0 Å². The first-order valence-corrected chi connectivity index (χ1v) is 8.84. The Bertz CT molecular complexity index is 558. The molecule has 1 aromatic heterocycles. The first-order chi connectivity index (χ1) is 10.7. The number of ether oxygens (including phenoxy) is 1. The number of hydrogen-bond acceptors (Lipinski definition) is 4. The number of carbonyl (C=O) groups is 1. The molecule has 2 rings (SSSR count). The van der Waals surface area contributed by atoms with Crippen LogP contribution in [-0.2, 0) is 11.2 Å². The van der Waals surface area contributed by atoms with Gasteiger partial charge >= 0.3 is 6.09 Å². The maximum absolute atomic E-state index is 12.1. The number of halogens is 1. The van der Waals surface area contributed by atoms with Crippen molar-refractivity contribution in [3.05, 3.63) is 15.9 Å². The lowest BCUT2D eigenvalue weighted by molar-refractivity contribution is 0.0184. The van der Waals surface area contributed by atoms with Crippen LogP contribution in [0.1, 0.15) is 51.0 Å². The summed E-state index contributed by atoms with van der Waals surface area (Å²) in [5.41, 5.74) is 1.50. The molecule has 2 heterocycles. The minimum absolute atomic E-state index is 0.0894. The second kappa shape index (κ2) is 7.21. The lowest BCUT2D eigenvalue weighted by Gasteiger charge is -2.33. The minimum atomic E-state index is -0.462. The summed E-state index contributed by atoms with van der Waals surface area (Å²) < 4.78 is 8.43. The van der Waals surface area contributed by atoms with E-state index in [9.17, 15) is 4.79 Å². The molecule has 1 aliphatic heterocycles. The van der Waals surface area contributed by atoms with E-state index in [-0.39, 0.29) is 18.7 Å². The van der Waals surface area contributed by atoms with E-state index in [0.717, 1.165) is 28.7 Å². The van der Waals surface area contributed by atoms with Crippen LogP contribution in [0.4, 0.5) is 4.79 Å². The number of piperidine rings is 1. The number of aliphatic hydroxyl groups is 1. The van der Waals surface area contributed by atoms with Crippen LogP contribution in [0.15, 0.2) is 4.47 Å². The van der Waals surface area contributed by atoms with Gasteiger partial charge in [-0.1, -0.05) is 0 Å². The molecule has 130 valence electrons. The third-order valence-corrected chi connectivity index (χ3v) is 4.99. The van der Waals surface area contributed by atoms with Gasteiger partial charge in [0.1, 0.15) is 5.60 Å². The second-order valence-electron chi connectivity index (χ2n) is 6.96. The van der Waals surface area contributed by atoms with Crippen LogP contribution in [0.25, 0.3) is 0 Å². The third kappa shape index (κ3) is 4.47. The van der Waals surface area contributed by atoms with E-state index in [2.05, 4.69) is 21.0 Å². The molecule has 7 heteroatoms. The third-order valence-electron chi connectivity index (χ3n) is 3.95. The van der Waals surface area contributed by atoms with Crippen LogP contribution in [0.3, 0.4) is 0 Å². The Morgan fingerprint density at radius 2 is 2.00 bits per heavy atom. The molecule has 1 amide bonds. The smallest absolute Gasteiger partial charge is 0.410 e. The number of amides is 1. The van der Waals surface area contributed by atoms with Gasteiger partial charge < -0.3 is 14.7 Å². The second-order valence-corrected chi connectivity index (χ2v) is 7.76. The number of carbonyl (C=O) groups excluding carboxylic acids is 1. The molecule has 0 spiro atoms. The summed E-state index contributed by atoms with van der Waals surface area (Å²) in [7, 11) is 0. The lowest BCUT2D eigenvalue weighted by Crippen LogP contribution is -2.42. The molecule has 6 nitrogen and oxygen atoms in total. The average Bonchev–Trinajstić information content (AvgIpc) is 2.75. The van der Waals surface area contributed by atoms with Crippen LogP contribution in [-0.4, -0.2) is 51.2 Å². The van der Waals surface area contributed by atoms with Gasteiger partial charge in [0.2, 0.25) is 0 Å². The van der Waals surface area contributed by atoms with Gasteiger partial charge in [-0.2, -0.15) is 5.10 Å². The van der Waals surface area contributed by atoms with Gasteiger partial charge in [0.15, 0.2) is 0 Å². The normalized spacial score (nSPS) is 16.7. The van der Waals surface area contributed by atoms with E-state index in [1.54, 1.807) is 4.90 Å². The fourth-order valence-corrected chi connectivity index (χ4v) is 3.26. The molecule has 1 aliphatic rings. The molecule has 0 aromatic carbocycles. The number of hydrogen-bond donors (Lipinski definition) is 1. The predicted octanol–water partition coefficient (Wildman–Crippen LogP) is 3.06. The summed E-state index contributed by atoms with van der Waals surface area (Å²) in [5, 5.41) is 13.7. The highest BCUT2D eigenvalue weighted by Crippen LogP contribution is 2.29. The molecule has 0 bridgehead atoms. The zero-order valence-electron chi connectivity index (χ0n) is 14.3. The summed E-state index contributed by atoms with van der Waals surface area (Å²) in [5.74, 6) is 0. The minimum Gasteiger partial charge on any atom is -0.444 e. The Morgan fingerprint density at radius 1 is 1.39 bits per heavy atom. The van der Waals surface area contributed by atoms with Crippen LogP contribution in [0.2, 0.25) is 0 Å². The van der Waals surface area contributed by atoms with Gasteiger partial charge in [-0.15, -0.1) is 0 Å². The highest BCUT2D eigenvalue weighted by molar-refractivity contribution is 9.10. The molecular formula is C16H26BrN3O3. The van der Waals surface area contributed by atoms with E-state index < -0.39 is 5.60 Å². The maximum Gasteiger partial charge on any atom is 0.410 e. The largest absolute Gasteiger partial charge is 0.444 e. The number of aliphatic hydroxyl groups excluding tert-OH is 1. The van der Waals surface area contributed by atoms with Gasteiger partial charge in [0, 0.05) is 26.1 Å². The summed E-state index contributed by atoms with van der Waals surface area (Å²) in [6.07, 6.45) is 2.01. The Kier molecular flexibility index (Phi) is 5.73. The monoisotopic (exact) mass is 387 g/mol. The fraction of sp³-hybridized carbons (Fsp3) is 0.750. The Hall–Kier alpha value is -1.08. The topological polar surface area (TPSA) is 67.6 Å². The zero-order valence-corrected chi connectivity index (χ0v) is 15.9. The first-order valence-electron chi connectivity index (χ1n) is 8.05. The number of nitrogens with zero attached hydrogens (tertiary/aromatic N) is 3.